The molecule has 3 nitrogen and oxygen atoms in total. The third-order valence-electron chi connectivity index (χ3n) is 3.02. The van der Waals surface area contributed by atoms with E-state index in [1.165, 1.54) is 0 Å². The van der Waals surface area contributed by atoms with Crippen LogP contribution in [0.1, 0.15) is 22.7 Å². The monoisotopic (exact) mass is 242 g/mol. The maximum Gasteiger partial charge on any atom is 0.123 e. The van der Waals surface area contributed by atoms with Crippen LogP contribution in [0.5, 0.6) is 5.75 Å². The second-order valence-corrected chi connectivity index (χ2v) is 4.17. The number of rotatable bonds is 4. The molecule has 0 aliphatic carbocycles. The summed E-state index contributed by atoms with van der Waals surface area (Å²) in [5.74, 6) is 0.808. The SMILES string of the molecule is COc1ccccc1C(N)c1cccc(CN)c1. The van der Waals surface area contributed by atoms with Gasteiger partial charge in [-0.3, -0.25) is 0 Å². The van der Waals surface area contributed by atoms with E-state index in [4.69, 9.17) is 16.2 Å². The summed E-state index contributed by atoms with van der Waals surface area (Å²) in [7, 11) is 1.65. The first-order valence-corrected chi connectivity index (χ1v) is 5.93. The minimum Gasteiger partial charge on any atom is -0.496 e. The number of benzene rings is 2. The van der Waals surface area contributed by atoms with Gasteiger partial charge in [-0.1, -0.05) is 42.5 Å². The Morgan fingerprint density at radius 2 is 1.89 bits per heavy atom. The van der Waals surface area contributed by atoms with Crippen LogP contribution in [0.15, 0.2) is 48.5 Å². The van der Waals surface area contributed by atoms with Gasteiger partial charge in [0.15, 0.2) is 0 Å². The Morgan fingerprint density at radius 1 is 1.11 bits per heavy atom. The van der Waals surface area contributed by atoms with Gasteiger partial charge in [0.1, 0.15) is 5.75 Å². The fourth-order valence-corrected chi connectivity index (χ4v) is 2.02. The van der Waals surface area contributed by atoms with Gasteiger partial charge < -0.3 is 16.2 Å². The van der Waals surface area contributed by atoms with Crippen molar-refractivity contribution >= 4 is 0 Å². The summed E-state index contributed by atoms with van der Waals surface area (Å²) in [6, 6.07) is 15.6. The van der Waals surface area contributed by atoms with Crippen LogP contribution in [0.3, 0.4) is 0 Å². The van der Waals surface area contributed by atoms with Crippen molar-refractivity contribution in [3.05, 3.63) is 65.2 Å². The Morgan fingerprint density at radius 3 is 2.61 bits per heavy atom. The number of methoxy groups -OCH3 is 1. The standard InChI is InChI=1S/C15H18N2O/c1-18-14-8-3-2-7-13(14)15(17)12-6-4-5-11(9-12)10-16/h2-9,15H,10,16-17H2,1H3. The van der Waals surface area contributed by atoms with Crippen LogP contribution in [0.2, 0.25) is 0 Å². The Bertz CT molecular complexity index is 525. The molecule has 2 aromatic rings. The van der Waals surface area contributed by atoms with Crippen LogP contribution >= 0.6 is 0 Å². The third-order valence-corrected chi connectivity index (χ3v) is 3.02. The lowest BCUT2D eigenvalue weighted by Gasteiger charge is -2.16. The number of ether oxygens (including phenoxy) is 1. The Labute approximate surface area is 107 Å². The minimum absolute atomic E-state index is 0.201. The molecule has 0 bridgehead atoms. The van der Waals surface area contributed by atoms with Crippen molar-refractivity contribution in [3.8, 4) is 5.75 Å². The molecular weight excluding hydrogens is 224 g/mol. The number of hydrogen-bond donors (Lipinski definition) is 2. The molecule has 0 fully saturated rings. The molecule has 0 aliphatic heterocycles. The first kappa shape index (κ1) is 12.6. The quantitative estimate of drug-likeness (QED) is 0.864. The largest absolute Gasteiger partial charge is 0.496 e. The Hall–Kier alpha value is -1.84. The van der Waals surface area contributed by atoms with E-state index in [1.807, 2.05) is 48.5 Å². The van der Waals surface area contributed by atoms with Gasteiger partial charge >= 0.3 is 0 Å². The van der Waals surface area contributed by atoms with Crippen molar-refractivity contribution in [2.45, 2.75) is 12.6 Å². The average Bonchev–Trinajstić information content (AvgIpc) is 2.46. The summed E-state index contributed by atoms with van der Waals surface area (Å²) in [5, 5.41) is 0. The minimum atomic E-state index is -0.201. The molecule has 0 amide bonds. The zero-order chi connectivity index (χ0) is 13.0. The molecule has 94 valence electrons. The maximum absolute atomic E-state index is 6.30. The topological polar surface area (TPSA) is 61.3 Å². The van der Waals surface area contributed by atoms with E-state index < -0.39 is 0 Å². The zero-order valence-electron chi connectivity index (χ0n) is 10.5. The van der Waals surface area contributed by atoms with Crippen molar-refractivity contribution < 1.29 is 4.74 Å². The van der Waals surface area contributed by atoms with Crippen LogP contribution in [0.4, 0.5) is 0 Å². The van der Waals surface area contributed by atoms with E-state index in [-0.39, 0.29) is 6.04 Å². The molecule has 1 atom stereocenters. The molecule has 2 rings (SSSR count). The second-order valence-electron chi connectivity index (χ2n) is 4.17. The van der Waals surface area contributed by atoms with Gasteiger partial charge in [-0.25, -0.2) is 0 Å². The van der Waals surface area contributed by atoms with Crippen LogP contribution in [-0.2, 0) is 6.54 Å². The zero-order valence-corrected chi connectivity index (χ0v) is 10.5. The van der Waals surface area contributed by atoms with Gasteiger partial charge in [0.2, 0.25) is 0 Å². The number of nitrogens with two attached hydrogens (primary N) is 2. The molecule has 0 spiro atoms. The number of para-hydroxylation sites is 1. The first-order valence-electron chi connectivity index (χ1n) is 5.93. The highest BCUT2D eigenvalue weighted by molar-refractivity contribution is 5.42. The van der Waals surface area contributed by atoms with Gasteiger partial charge in [-0.05, 0) is 17.2 Å². The van der Waals surface area contributed by atoms with Gasteiger partial charge in [-0.2, -0.15) is 0 Å². The number of hydrogen-bond acceptors (Lipinski definition) is 3. The van der Waals surface area contributed by atoms with E-state index >= 15 is 0 Å². The molecular formula is C15H18N2O. The van der Waals surface area contributed by atoms with Crippen molar-refractivity contribution in [2.75, 3.05) is 7.11 Å². The predicted octanol–water partition coefficient (Wildman–Crippen LogP) is 2.20. The molecule has 0 heterocycles. The lowest BCUT2D eigenvalue weighted by Crippen LogP contribution is -2.13. The summed E-state index contributed by atoms with van der Waals surface area (Å²) in [6.45, 7) is 0.520. The molecule has 0 saturated heterocycles. The smallest absolute Gasteiger partial charge is 0.123 e. The summed E-state index contributed by atoms with van der Waals surface area (Å²) in [6.07, 6.45) is 0. The van der Waals surface area contributed by atoms with Crippen LogP contribution in [0, 0.1) is 0 Å². The summed E-state index contributed by atoms with van der Waals surface area (Å²) in [4.78, 5) is 0. The van der Waals surface area contributed by atoms with Crippen LogP contribution < -0.4 is 16.2 Å². The van der Waals surface area contributed by atoms with Crippen molar-refractivity contribution in [2.24, 2.45) is 11.5 Å². The molecule has 3 heteroatoms. The molecule has 4 N–H and O–H groups in total. The van der Waals surface area contributed by atoms with Crippen molar-refractivity contribution in [1.29, 1.82) is 0 Å². The Kier molecular flexibility index (Phi) is 3.97. The molecule has 0 aliphatic rings. The van der Waals surface area contributed by atoms with Crippen LogP contribution in [0.25, 0.3) is 0 Å². The van der Waals surface area contributed by atoms with Gasteiger partial charge in [-0.15, -0.1) is 0 Å². The third kappa shape index (κ3) is 2.53. The molecule has 0 radical (unpaired) electrons. The highest BCUT2D eigenvalue weighted by Crippen LogP contribution is 2.28. The fraction of sp³-hybridized carbons (Fsp3) is 0.200. The predicted molar refractivity (Wildman–Crippen MR) is 73.4 cm³/mol. The lowest BCUT2D eigenvalue weighted by atomic mass is 9.97. The fourth-order valence-electron chi connectivity index (χ4n) is 2.02. The molecule has 1 unspecified atom stereocenters. The summed E-state index contributed by atoms with van der Waals surface area (Å²) in [5.41, 5.74) is 15.0. The molecule has 2 aromatic carbocycles. The van der Waals surface area contributed by atoms with Crippen molar-refractivity contribution in [3.63, 3.8) is 0 Å². The van der Waals surface area contributed by atoms with Gasteiger partial charge in [0, 0.05) is 12.1 Å². The summed E-state index contributed by atoms with van der Waals surface area (Å²) >= 11 is 0. The normalized spacial score (nSPS) is 12.2. The van der Waals surface area contributed by atoms with E-state index in [1.54, 1.807) is 7.11 Å². The van der Waals surface area contributed by atoms with Crippen molar-refractivity contribution in [1.82, 2.24) is 0 Å². The van der Waals surface area contributed by atoms with E-state index in [0.717, 1.165) is 22.4 Å². The highest BCUT2D eigenvalue weighted by Gasteiger charge is 2.13. The van der Waals surface area contributed by atoms with Crippen LogP contribution in [-0.4, -0.2) is 7.11 Å². The average molecular weight is 242 g/mol. The first-order chi connectivity index (χ1) is 8.76. The highest BCUT2D eigenvalue weighted by atomic mass is 16.5. The van der Waals surface area contributed by atoms with Gasteiger partial charge in [0.05, 0.1) is 13.2 Å². The van der Waals surface area contributed by atoms with E-state index in [0.29, 0.717) is 6.54 Å². The lowest BCUT2D eigenvalue weighted by molar-refractivity contribution is 0.408. The molecule has 18 heavy (non-hydrogen) atoms. The summed E-state index contributed by atoms with van der Waals surface area (Å²) < 4.78 is 5.34. The second kappa shape index (κ2) is 5.67. The maximum atomic E-state index is 6.30. The van der Waals surface area contributed by atoms with Gasteiger partial charge in [0.25, 0.3) is 0 Å². The van der Waals surface area contributed by atoms with E-state index in [2.05, 4.69) is 0 Å². The molecule has 0 aromatic heterocycles. The Balaban J connectivity index is 2.37. The molecule has 0 saturated carbocycles. The van der Waals surface area contributed by atoms with E-state index in [9.17, 15) is 0 Å².